The molecule has 0 spiro atoms. The Bertz CT molecular complexity index is 869. The van der Waals surface area contributed by atoms with Crippen molar-refractivity contribution in [2.24, 2.45) is 0 Å². The second kappa shape index (κ2) is 8.88. The number of hydrogen-bond donors (Lipinski definition) is 2. The lowest BCUT2D eigenvalue weighted by Gasteiger charge is -2.11. The molecular weight excluding hydrogens is 380 g/mol. The molecule has 2 aromatic carbocycles. The van der Waals surface area contributed by atoms with Crippen LogP contribution in [-0.4, -0.2) is 35.1 Å². The van der Waals surface area contributed by atoms with E-state index in [-0.39, 0.29) is 12.3 Å². The fourth-order valence-corrected chi connectivity index (χ4v) is 3.36. The Labute approximate surface area is 157 Å². The third-order valence-corrected chi connectivity index (χ3v) is 4.94. The summed E-state index contributed by atoms with van der Waals surface area (Å²) in [6.45, 7) is -0.385. The third kappa shape index (κ3) is 5.91. The highest BCUT2D eigenvalue weighted by atomic mass is 35.5. The Morgan fingerprint density at radius 3 is 2.31 bits per heavy atom. The molecule has 1 amide bonds. The summed E-state index contributed by atoms with van der Waals surface area (Å²) in [5.41, 5.74) is 1.03. The smallest absolute Gasteiger partial charge is 0.239 e. The highest BCUT2D eigenvalue weighted by Gasteiger charge is 2.14. The SMILES string of the molecule is COc1ccc(NC(=O)CNS(=O)(=O)Cc2ccc(Cl)cc2)cc1OC. The molecule has 0 atom stereocenters. The van der Waals surface area contributed by atoms with Gasteiger partial charge in [0.1, 0.15) is 0 Å². The van der Waals surface area contributed by atoms with Crippen LogP contribution in [0.15, 0.2) is 42.5 Å². The number of nitrogens with one attached hydrogen (secondary N) is 2. The molecule has 0 aliphatic rings. The van der Waals surface area contributed by atoms with Gasteiger partial charge in [-0.25, -0.2) is 13.1 Å². The molecule has 0 radical (unpaired) electrons. The monoisotopic (exact) mass is 398 g/mol. The van der Waals surface area contributed by atoms with Crippen molar-refractivity contribution in [3.8, 4) is 11.5 Å². The van der Waals surface area contributed by atoms with Gasteiger partial charge in [-0.05, 0) is 29.8 Å². The van der Waals surface area contributed by atoms with Crippen molar-refractivity contribution in [1.29, 1.82) is 0 Å². The van der Waals surface area contributed by atoms with Crippen LogP contribution in [0, 0.1) is 0 Å². The van der Waals surface area contributed by atoms with Gasteiger partial charge in [-0.2, -0.15) is 0 Å². The zero-order valence-corrected chi connectivity index (χ0v) is 15.9. The van der Waals surface area contributed by atoms with E-state index in [9.17, 15) is 13.2 Å². The van der Waals surface area contributed by atoms with Crippen LogP contribution in [0.2, 0.25) is 5.02 Å². The minimum atomic E-state index is -3.66. The van der Waals surface area contributed by atoms with Crippen LogP contribution in [0.5, 0.6) is 11.5 Å². The van der Waals surface area contributed by atoms with E-state index < -0.39 is 15.9 Å². The van der Waals surface area contributed by atoms with E-state index >= 15 is 0 Å². The summed E-state index contributed by atoms with van der Waals surface area (Å²) in [5, 5.41) is 3.11. The first-order valence-corrected chi connectivity index (χ1v) is 9.59. The number of anilines is 1. The number of rotatable bonds is 8. The van der Waals surface area contributed by atoms with Gasteiger partial charge in [-0.1, -0.05) is 23.7 Å². The third-order valence-electron chi connectivity index (χ3n) is 3.39. The van der Waals surface area contributed by atoms with Gasteiger partial charge in [0.15, 0.2) is 11.5 Å². The molecule has 9 heteroatoms. The Morgan fingerprint density at radius 1 is 1.04 bits per heavy atom. The van der Waals surface area contributed by atoms with Crippen molar-refractivity contribution in [3.05, 3.63) is 53.1 Å². The van der Waals surface area contributed by atoms with Crippen LogP contribution >= 0.6 is 11.6 Å². The Hall–Kier alpha value is -2.29. The van der Waals surface area contributed by atoms with Crippen molar-refractivity contribution >= 4 is 33.2 Å². The van der Waals surface area contributed by atoms with Crippen molar-refractivity contribution < 1.29 is 22.7 Å². The van der Waals surface area contributed by atoms with E-state index in [1.165, 1.54) is 14.2 Å². The zero-order chi connectivity index (χ0) is 19.2. The van der Waals surface area contributed by atoms with Gasteiger partial charge in [0.25, 0.3) is 0 Å². The standard InChI is InChI=1S/C17H19ClN2O5S/c1-24-15-8-7-14(9-16(15)25-2)20-17(21)10-19-26(22,23)11-12-3-5-13(18)6-4-12/h3-9,19H,10-11H2,1-2H3,(H,20,21). The van der Waals surface area contributed by atoms with Crippen molar-refractivity contribution in [1.82, 2.24) is 4.72 Å². The zero-order valence-electron chi connectivity index (χ0n) is 14.3. The Kier molecular flexibility index (Phi) is 6.84. The average molecular weight is 399 g/mol. The second-order valence-corrected chi connectivity index (χ2v) is 7.57. The van der Waals surface area contributed by atoms with Gasteiger partial charge in [0, 0.05) is 16.8 Å². The van der Waals surface area contributed by atoms with Gasteiger partial charge >= 0.3 is 0 Å². The second-order valence-electron chi connectivity index (χ2n) is 5.32. The van der Waals surface area contributed by atoms with E-state index in [1.54, 1.807) is 42.5 Å². The Balaban J connectivity index is 1.92. The first-order valence-electron chi connectivity index (χ1n) is 7.56. The summed E-state index contributed by atoms with van der Waals surface area (Å²) in [4.78, 5) is 12.0. The molecule has 0 aliphatic carbocycles. The number of carbonyl (C=O) groups is 1. The van der Waals surface area contributed by atoms with Crippen LogP contribution in [0.3, 0.4) is 0 Å². The number of amides is 1. The summed E-state index contributed by atoms with van der Waals surface area (Å²) in [6, 6.07) is 11.3. The van der Waals surface area contributed by atoms with Crippen molar-refractivity contribution in [2.75, 3.05) is 26.1 Å². The lowest BCUT2D eigenvalue weighted by molar-refractivity contribution is -0.115. The van der Waals surface area contributed by atoms with E-state index in [1.807, 2.05) is 0 Å². The fourth-order valence-electron chi connectivity index (χ4n) is 2.15. The largest absolute Gasteiger partial charge is 0.493 e. The lowest BCUT2D eigenvalue weighted by Crippen LogP contribution is -2.33. The molecule has 0 heterocycles. The predicted molar refractivity (Wildman–Crippen MR) is 100 cm³/mol. The number of benzene rings is 2. The molecule has 7 nitrogen and oxygen atoms in total. The van der Waals surface area contributed by atoms with Crippen LogP contribution in [0.25, 0.3) is 0 Å². The molecule has 2 N–H and O–H groups in total. The number of sulfonamides is 1. The van der Waals surface area contributed by atoms with E-state index in [0.29, 0.717) is 27.8 Å². The molecule has 2 rings (SSSR count). The summed E-state index contributed by atoms with van der Waals surface area (Å²) in [6.07, 6.45) is 0. The average Bonchev–Trinajstić information content (AvgIpc) is 2.62. The van der Waals surface area contributed by atoms with Crippen LogP contribution < -0.4 is 19.5 Å². The first kappa shape index (κ1) is 20.0. The molecule has 26 heavy (non-hydrogen) atoms. The molecule has 0 unspecified atom stereocenters. The number of halogens is 1. The van der Waals surface area contributed by atoms with Crippen LogP contribution in [-0.2, 0) is 20.6 Å². The number of carbonyl (C=O) groups excluding carboxylic acids is 1. The molecule has 2 aromatic rings. The van der Waals surface area contributed by atoms with Crippen molar-refractivity contribution in [2.45, 2.75) is 5.75 Å². The molecule has 0 bridgehead atoms. The number of hydrogen-bond acceptors (Lipinski definition) is 5. The van der Waals surface area contributed by atoms with Crippen LogP contribution in [0.4, 0.5) is 5.69 Å². The van der Waals surface area contributed by atoms with Gasteiger partial charge in [-0.3, -0.25) is 4.79 Å². The normalized spacial score (nSPS) is 11.0. The summed E-state index contributed by atoms with van der Waals surface area (Å²) < 4.78 is 36.7. The van der Waals surface area contributed by atoms with E-state index in [0.717, 1.165) is 0 Å². The first-order chi connectivity index (χ1) is 12.3. The minimum Gasteiger partial charge on any atom is -0.493 e. The van der Waals surface area contributed by atoms with E-state index in [4.69, 9.17) is 21.1 Å². The molecule has 140 valence electrons. The number of ether oxygens (including phenoxy) is 2. The maximum atomic E-state index is 12.1. The quantitative estimate of drug-likeness (QED) is 0.712. The highest BCUT2D eigenvalue weighted by Crippen LogP contribution is 2.29. The molecule has 0 saturated heterocycles. The van der Waals surface area contributed by atoms with Gasteiger partial charge in [-0.15, -0.1) is 0 Å². The number of methoxy groups -OCH3 is 2. The maximum Gasteiger partial charge on any atom is 0.239 e. The molecule has 0 aliphatic heterocycles. The molecule has 0 fully saturated rings. The highest BCUT2D eigenvalue weighted by molar-refractivity contribution is 7.88. The minimum absolute atomic E-state index is 0.242. The topological polar surface area (TPSA) is 93.7 Å². The summed E-state index contributed by atoms with van der Waals surface area (Å²) in [7, 11) is -0.671. The lowest BCUT2D eigenvalue weighted by atomic mass is 10.2. The molecular formula is C17H19ClN2O5S. The van der Waals surface area contributed by atoms with Gasteiger partial charge in [0.2, 0.25) is 15.9 Å². The van der Waals surface area contributed by atoms with Gasteiger partial charge < -0.3 is 14.8 Å². The fraction of sp³-hybridized carbons (Fsp3) is 0.235. The summed E-state index contributed by atoms with van der Waals surface area (Å²) >= 11 is 5.77. The van der Waals surface area contributed by atoms with Gasteiger partial charge in [0.05, 0.1) is 26.5 Å². The predicted octanol–water partition coefficient (Wildman–Crippen LogP) is 2.42. The maximum absolute atomic E-state index is 12.1. The Morgan fingerprint density at radius 2 is 1.69 bits per heavy atom. The van der Waals surface area contributed by atoms with E-state index in [2.05, 4.69) is 10.0 Å². The van der Waals surface area contributed by atoms with Crippen molar-refractivity contribution in [3.63, 3.8) is 0 Å². The molecule has 0 aromatic heterocycles. The van der Waals surface area contributed by atoms with Crippen LogP contribution in [0.1, 0.15) is 5.56 Å². The summed E-state index contributed by atoms with van der Waals surface area (Å²) in [5.74, 6) is 0.230. The molecule has 0 saturated carbocycles.